The molecule has 0 spiro atoms. The lowest BCUT2D eigenvalue weighted by Gasteiger charge is -2.22. The summed E-state index contributed by atoms with van der Waals surface area (Å²) < 4.78 is 25.5. The molecule has 2 N–H and O–H groups in total. The van der Waals surface area contributed by atoms with Crippen molar-refractivity contribution in [2.75, 3.05) is 20.1 Å². The number of sulfonamides is 1. The molecule has 0 bridgehead atoms. The highest BCUT2D eigenvalue weighted by Crippen LogP contribution is 2.19. The van der Waals surface area contributed by atoms with Gasteiger partial charge < -0.3 is 5.32 Å². The SMILES string of the molecule is CNS(=O)(=O)c1ccc(CC2CCNCC2)cc1.Cl. The molecule has 1 fully saturated rings. The Morgan fingerprint density at radius 3 is 2.32 bits per heavy atom. The first kappa shape index (κ1) is 16.4. The van der Waals surface area contributed by atoms with E-state index in [-0.39, 0.29) is 12.4 Å². The van der Waals surface area contributed by atoms with Gasteiger partial charge in [0.25, 0.3) is 0 Å². The molecular weight excluding hydrogens is 284 g/mol. The first-order valence-corrected chi connectivity index (χ1v) is 7.83. The fourth-order valence-electron chi connectivity index (χ4n) is 2.34. The predicted molar refractivity (Wildman–Crippen MR) is 79.2 cm³/mol. The average molecular weight is 305 g/mol. The molecule has 0 unspecified atom stereocenters. The van der Waals surface area contributed by atoms with Crippen LogP contribution in [0.2, 0.25) is 0 Å². The Bertz CT molecular complexity index is 482. The Labute approximate surface area is 121 Å². The average Bonchev–Trinajstić information content (AvgIpc) is 2.40. The normalized spacial score (nSPS) is 16.9. The molecule has 19 heavy (non-hydrogen) atoms. The number of halogens is 1. The zero-order valence-corrected chi connectivity index (χ0v) is 12.7. The Morgan fingerprint density at radius 1 is 1.21 bits per heavy atom. The molecule has 108 valence electrons. The van der Waals surface area contributed by atoms with E-state index in [1.807, 2.05) is 12.1 Å². The van der Waals surface area contributed by atoms with E-state index in [1.54, 1.807) is 12.1 Å². The summed E-state index contributed by atoms with van der Waals surface area (Å²) in [5.41, 5.74) is 1.22. The van der Waals surface area contributed by atoms with Crippen LogP contribution in [-0.4, -0.2) is 28.6 Å². The molecule has 4 nitrogen and oxygen atoms in total. The summed E-state index contributed by atoms with van der Waals surface area (Å²) in [5.74, 6) is 0.720. The zero-order valence-electron chi connectivity index (χ0n) is 11.1. The lowest BCUT2D eigenvalue weighted by molar-refractivity contribution is 0.372. The van der Waals surface area contributed by atoms with Gasteiger partial charge in [-0.25, -0.2) is 13.1 Å². The van der Waals surface area contributed by atoms with Gasteiger partial charge in [0.15, 0.2) is 0 Å². The molecule has 1 heterocycles. The highest BCUT2D eigenvalue weighted by molar-refractivity contribution is 7.89. The Morgan fingerprint density at radius 2 is 1.79 bits per heavy atom. The Balaban J connectivity index is 0.00000180. The number of rotatable bonds is 4. The second-order valence-electron chi connectivity index (χ2n) is 4.75. The minimum absolute atomic E-state index is 0. The molecular formula is C13H21ClN2O2S. The van der Waals surface area contributed by atoms with Crippen LogP contribution < -0.4 is 10.0 Å². The van der Waals surface area contributed by atoms with Crippen molar-refractivity contribution >= 4 is 22.4 Å². The lowest BCUT2D eigenvalue weighted by Crippen LogP contribution is -2.28. The number of benzene rings is 1. The Kier molecular flexibility index (Phi) is 6.26. The highest BCUT2D eigenvalue weighted by atomic mass is 35.5. The molecule has 1 aliphatic heterocycles. The summed E-state index contributed by atoms with van der Waals surface area (Å²) in [6.07, 6.45) is 3.45. The van der Waals surface area contributed by atoms with E-state index in [0.29, 0.717) is 4.90 Å². The molecule has 2 rings (SSSR count). The van der Waals surface area contributed by atoms with E-state index in [0.717, 1.165) is 25.4 Å². The first-order valence-electron chi connectivity index (χ1n) is 6.35. The summed E-state index contributed by atoms with van der Waals surface area (Å²) in [7, 11) is -1.88. The first-order chi connectivity index (χ1) is 8.62. The van der Waals surface area contributed by atoms with Gasteiger partial charge in [0, 0.05) is 0 Å². The fourth-order valence-corrected chi connectivity index (χ4v) is 3.07. The molecule has 0 aromatic heterocycles. The summed E-state index contributed by atoms with van der Waals surface area (Å²) in [6, 6.07) is 7.21. The second kappa shape index (κ2) is 7.24. The van der Waals surface area contributed by atoms with Crippen LogP contribution in [0.1, 0.15) is 18.4 Å². The number of nitrogens with one attached hydrogen (secondary N) is 2. The smallest absolute Gasteiger partial charge is 0.240 e. The summed E-state index contributed by atoms with van der Waals surface area (Å²) >= 11 is 0. The van der Waals surface area contributed by atoms with Gasteiger partial charge in [0.05, 0.1) is 4.90 Å². The minimum Gasteiger partial charge on any atom is -0.317 e. The molecule has 1 aromatic rings. The lowest BCUT2D eigenvalue weighted by atomic mass is 9.91. The molecule has 0 amide bonds. The Hall–Kier alpha value is -0.620. The van der Waals surface area contributed by atoms with Gasteiger partial charge in [0.2, 0.25) is 10.0 Å². The van der Waals surface area contributed by atoms with Crippen LogP contribution in [0.3, 0.4) is 0 Å². The van der Waals surface area contributed by atoms with Crippen molar-refractivity contribution in [1.82, 2.24) is 10.0 Å². The van der Waals surface area contributed by atoms with Crippen LogP contribution in [0.15, 0.2) is 29.2 Å². The molecule has 1 aromatic carbocycles. The van der Waals surface area contributed by atoms with Crippen molar-refractivity contribution in [1.29, 1.82) is 0 Å². The van der Waals surface area contributed by atoms with Crippen molar-refractivity contribution in [3.05, 3.63) is 29.8 Å². The molecule has 1 saturated heterocycles. The van der Waals surface area contributed by atoms with Crippen LogP contribution >= 0.6 is 12.4 Å². The maximum absolute atomic E-state index is 11.6. The number of piperidine rings is 1. The third-order valence-electron chi connectivity index (χ3n) is 3.49. The van der Waals surface area contributed by atoms with Crippen LogP contribution in [0.25, 0.3) is 0 Å². The van der Waals surface area contributed by atoms with Crippen LogP contribution in [0, 0.1) is 5.92 Å². The van der Waals surface area contributed by atoms with Gasteiger partial charge in [-0.1, -0.05) is 12.1 Å². The van der Waals surface area contributed by atoms with Crippen molar-refractivity contribution in [2.24, 2.45) is 5.92 Å². The van der Waals surface area contributed by atoms with E-state index in [9.17, 15) is 8.42 Å². The number of hydrogen-bond acceptors (Lipinski definition) is 3. The molecule has 0 atom stereocenters. The molecule has 0 aliphatic carbocycles. The molecule has 0 radical (unpaired) electrons. The van der Waals surface area contributed by atoms with Gasteiger partial charge >= 0.3 is 0 Å². The standard InChI is InChI=1S/C13H20N2O2S.ClH/c1-14-18(16,17)13-4-2-11(3-5-13)10-12-6-8-15-9-7-12;/h2-5,12,14-15H,6-10H2,1H3;1H. The summed E-state index contributed by atoms with van der Waals surface area (Å²) in [6.45, 7) is 2.19. The van der Waals surface area contributed by atoms with E-state index in [1.165, 1.54) is 25.5 Å². The monoisotopic (exact) mass is 304 g/mol. The van der Waals surface area contributed by atoms with E-state index in [2.05, 4.69) is 10.0 Å². The van der Waals surface area contributed by atoms with E-state index < -0.39 is 10.0 Å². The third kappa shape index (κ3) is 4.45. The molecule has 6 heteroatoms. The van der Waals surface area contributed by atoms with Crippen molar-refractivity contribution in [2.45, 2.75) is 24.2 Å². The number of hydrogen-bond donors (Lipinski definition) is 2. The van der Waals surface area contributed by atoms with Crippen LogP contribution in [-0.2, 0) is 16.4 Å². The third-order valence-corrected chi connectivity index (χ3v) is 4.92. The van der Waals surface area contributed by atoms with Crippen LogP contribution in [0.5, 0.6) is 0 Å². The van der Waals surface area contributed by atoms with Gasteiger partial charge in [-0.05, 0) is 63.0 Å². The molecule has 1 aliphatic rings. The van der Waals surface area contributed by atoms with Gasteiger partial charge in [-0.2, -0.15) is 0 Å². The maximum atomic E-state index is 11.6. The topological polar surface area (TPSA) is 58.2 Å². The maximum Gasteiger partial charge on any atom is 0.240 e. The van der Waals surface area contributed by atoms with E-state index in [4.69, 9.17) is 0 Å². The van der Waals surface area contributed by atoms with Gasteiger partial charge in [-0.15, -0.1) is 12.4 Å². The van der Waals surface area contributed by atoms with E-state index >= 15 is 0 Å². The minimum atomic E-state index is -3.31. The summed E-state index contributed by atoms with van der Waals surface area (Å²) in [4.78, 5) is 0.332. The zero-order chi connectivity index (χ0) is 13.0. The van der Waals surface area contributed by atoms with Crippen molar-refractivity contribution in [3.63, 3.8) is 0 Å². The van der Waals surface area contributed by atoms with Crippen molar-refractivity contribution < 1.29 is 8.42 Å². The van der Waals surface area contributed by atoms with Crippen molar-refractivity contribution in [3.8, 4) is 0 Å². The highest BCUT2D eigenvalue weighted by Gasteiger charge is 2.14. The van der Waals surface area contributed by atoms with Crippen LogP contribution in [0.4, 0.5) is 0 Å². The van der Waals surface area contributed by atoms with Gasteiger partial charge in [-0.3, -0.25) is 0 Å². The summed E-state index contributed by atoms with van der Waals surface area (Å²) in [5, 5.41) is 3.35. The fraction of sp³-hybridized carbons (Fsp3) is 0.538. The second-order valence-corrected chi connectivity index (χ2v) is 6.64. The quantitative estimate of drug-likeness (QED) is 0.887. The molecule has 0 saturated carbocycles. The van der Waals surface area contributed by atoms with Gasteiger partial charge in [0.1, 0.15) is 0 Å². The predicted octanol–water partition coefficient (Wildman–Crippen LogP) is 1.56. The largest absolute Gasteiger partial charge is 0.317 e.